The molecule has 0 fully saturated rings. The van der Waals surface area contributed by atoms with Crippen molar-refractivity contribution >= 4 is 17.3 Å². The number of rotatable bonds is 8. The van der Waals surface area contributed by atoms with Crippen LogP contribution >= 0.6 is 0 Å². The molecule has 144 valence electrons. The second kappa shape index (κ2) is 9.41. The maximum Gasteiger partial charge on any atom is 0.269 e. The van der Waals surface area contributed by atoms with E-state index >= 15 is 0 Å². The molecule has 3 rings (SSSR count). The Morgan fingerprint density at radius 1 is 0.929 bits per heavy atom. The Morgan fingerprint density at radius 3 is 2.43 bits per heavy atom. The van der Waals surface area contributed by atoms with E-state index in [0.29, 0.717) is 23.7 Å². The van der Waals surface area contributed by atoms with Crippen LogP contribution in [-0.4, -0.2) is 31.7 Å². The number of hydrogen-bond donors (Lipinski definition) is 2. The van der Waals surface area contributed by atoms with Gasteiger partial charge < -0.3 is 20.1 Å². The number of benzene rings is 2. The molecule has 2 N–H and O–H groups in total. The van der Waals surface area contributed by atoms with Gasteiger partial charge in [0.15, 0.2) is 11.5 Å². The third-order valence-electron chi connectivity index (χ3n) is 4.21. The Hall–Kier alpha value is -3.54. The first kappa shape index (κ1) is 19.2. The molecule has 0 aliphatic carbocycles. The summed E-state index contributed by atoms with van der Waals surface area (Å²) < 4.78 is 10.6. The van der Waals surface area contributed by atoms with E-state index in [4.69, 9.17) is 9.47 Å². The lowest BCUT2D eigenvalue weighted by molar-refractivity contribution is 0.0949. The normalized spacial score (nSPS) is 10.2. The first-order valence-electron chi connectivity index (χ1n) is 8.97. The summed E-state index contributed by atoms with van der Waals surface area (Å²) in [5.74, 6) is 1.08. The minimum Gasteiger partial charge on any atom is -0.493 e. The third-order valence-corrected chi connectivity index (χ3v) is 4.21. The molecule has 6 heteroatoms. The van der Waals surface area contributed by atoms with Crippen LogP contribution in [0.3, 0.4) is 0 Å². The molecule has 0 saturated heterocycles. The van der Waals surface area contributed by atoms with Gasteiger partial charge in [0, 0.05) is 30.2 Å². The average molecular weight is 377 g/mol. The largest absolute Gasteiger partial charge is 0.493 e. The molecule has 6 nitrogen and oxygen atoms in total. The topological polar surface area (TPSA) is 72.5 Å². The van der Waals surface area contributed by atoms with Gasteiger partial charge in [-0.15, -0.1) is 0 Å². The summed E-state index contributed by atoms with van der Waals surface area (Å²) in [5.41, 5.74) is 3.12. The highest BCUT2D eigenvalue weighted by Gasteiger charge is 2.09. The molecular weight excluding hydrogens is 354 g/mol. The van der Waals surface area contributed by atoms with Gasteiger partial charge in [-0.05, 0) is 36.2 Å². The number of nitrogens with one attached hydrogen (secondary N) is 2. The van der Waals surface area contributed by atoms with E-state index in [1.165, 1.54) is 5.56 Å². The fourth-order valence-corrected chi connectivity index (χ4v) is 2.77. The van der Waals surface area contributed by atoms with Crippen molar-refractivity contribution in [3.63, 3.8) is 0 Å². The van der Waals surface area contributed by atoms with Crippen LogP contribution in [0.25, 0.3) is 0 Å². The van der Waals surface area contributed by atoms with Crippen molar-refractivity contribution in [3.05, 3.63) is 78.1 Å². The van der Waals surface area contributed by atoms with Crippen molar-refractivity contribution in [2.75, 3.05) is 26.1 Å². The van der Waals surface area contributed by atoms with Crippen molar-refractivity contribution in [1.82, 2.24) is 10.3 Å². The number of ether oxygens (including phenoxy) is 2. The van der Waals surface area contributed by atoms with Gasteiger partial charge >= 0.3 is 0 Å². The molecule has 0 radical (unpaired) electrons. The van der Waals surface area contributed by atoms with Crippen LogP contribution in [0.1, 0.15) is 16.1 Å². The lowest BCUT2D eigenvalue weighted by Gasteiger charge is -2.12. The summed E-state index contributed by atoms with van der Waals surface area (Å²) >= 11 is 0. The van der Waals surface area contributed by atoms with Crippen LogP contribution in [0, 0.1) is 0 Å². The zero-order chi connectivity index (χ0) is 19.8. The summed E-state index contributed by atoms with van der Waals surface area (Å²) in [4.78, 5) is 16.6. The predicted molar refractivity (Wildman–Crippen MR) is 110 cm³/mol. The van der Waals surface area contributed by atoms with Gasteiger partial charge in [0.1, 0.15) is 5.69 Å². The molecule has 0 spiro atoms. The van der Waals surface area contributed by atoms with Gasteiger partial charge in [0.25, 0.3) is 5.91 Å². The van der Waals surface area contributed by atoms with Crippen molar-refractivity contribution in [2.45, 2.75) is 6.42 Å². The maximum absolute atomic E-state index is 12.4. The van der Waals surface area contributed by atoms with Crippen molar-refractivity contribution in [2.24, 2.45) is 0 Å². The Balaban J connectivity index is 1.62. The van der Waals surface area contributed by atoms with Crippen LogP contribution < -0.4 is 20.1 Å². The number of amides is 1. The molecule has 0 bridgehead atoms. The minimum atomic E-state index is -0.202. The molecular formula is C22H23N3O3. The van der Waals surface area contributed by atoms with Crippen LogP contribution in [0.5, 0.6) is 11.5 Å². The zero-order valence-electron chi connectivity index (χ0n) is 15.9. The lowest BCUT2D eigenvalue weighted by Crippen LogP contribution is -2.26. The van der Waals surface area contributed by atoms with E-state index in [9.17, 15) is 4.79 Å². The van der Waals surface area contributed by atoms with Gasteiger partial charge in [-0.2, -0.15) is 0 Å². The van der Waals surface area contributed by atoms with Crippen LogP contribution in [0.4, 0.5) is 11.4 Å². The molecule has 1 heterocycles. The van der Waals surface area contributed by atoms with Gasteiger partial charge in [-0.1, -0.05) is 30.3 Å². The molecule has 1 amide bonds. The summed E-state index contributed by atoms with van der Waals surface area (Å²) in [6.07, 6.45) is 2.38. The molecule has 0 aliphatic heterocycles. The number of hydrogen-bond acceptors (Lipinski definition) is 5. The fourth-order valence-electron chi connectivity index (χ4n) is 2.77. The molecule has 0 unspecified atom stereocenters. The Morgan fingerprint density at radius 2 is 1.68 bits per heavy atom. The van der Waals surface area contributed by atoms with Gasteiger partial charge in [-0.25, -0.2) is 0 Å². The summed E-state index contributed by atoms with van der Waals surface area (Å²) in [7, 11) is 3.18. The number of anilines is 2. The lowest BCUT2D eigenvalue weighted by atomic mass is 10.1. The first-order chi connectivity index (χ1) is 13.7. The van der Waals surface area contributed by atoms with Crippen molar-refractivity contribution < 1.29 is 14.3 Å². The number of pyridine rings is 1. The Bertz CT molecular complexity index is 929. The number of methoxy groups -OCH3 is 2. The van der Waals surface area contributed by atoms with Crippen LogP contribution in [0.2, 0.25) is 0 Å². The Labute approximate surface area is 164 Å². The first-order valence-corrected chi connectivity index (χ1v) is 8.97. The smallest absolute Gasteiger partial charge is 0.269 e. The van der Waals surface area contributed by atoms with Crippen molar-refractivity contribution in [3.8, 4) is 11.5 Å². The second-order valence-corrected chi connectivity index (χ2v) is 6.12. The van der Waals surface area contributed by atoms with Crippen LogP contribution in [0.15, 0.2) is 66.9 Å². The van der Waals surface area contributed by atoms with E-state index in [1.807, 2.05) is 48.5 Å². The molecule has 0 aliphatic rings. The highest BCUT2D eigenvalue weighted by Crippen LogP contribution is 2.31. The molecule has 0 saturated carbocycles. The van der Waals surface area contributed by atoms with E-state index in [-0.39, 0.29) is 5.91 Å². The molecule has 0 atom stereocenters. The van der Waals surface area contributed by atoms with Gasteiger partial charge in [0.2, 0.25) is 0 Å². The van der Waals surface area contributed by atoms with E-state index < -0.39 is 0 Å². The second-order valence-electron chi connectivity index (χ2n) is 6.12. The molecule has 2 aromatic carbocycles. The van der Waals surface area contributed by atoms with E-state index in [2.05, 4.69) is 15.6 Å². The summed E-state index contributed by atoms with van der Waals surface area (Å²) in [6, 6.07) is 19.1. The molecule has 28 heavy (non-hydrogen) atoms. The highest BCUT2D eigenvalue weighted by molar-refractivity contribution is 5.93. The zero-order valence-corrected chi connectivity index (χ0v) is 15.9. The SMILES string of the molecule is COc1ccc(Nc2ccnc(C(=O)NCCc3ccccc3)c2)cc1OC. The van der Waals surface area contributed by atoms with E-state index in [1.54, 1.807) is 32.5 Å². The Kier molecular flexibility index (Phi) is 6.46. The van der Waals surface area contributed by atoms with Crippen LogP contribution in [-0.2, 0) is 6.42 Å². The number of carbonyl (C=O) groups is 1. The van der Waals surface area contributed by atoms with Gasteiger partial charge in [0.05, 0.1) is 14.2 Å². The highest BCUT2D eigenvalue weighted by atomic mass is 16.5. The molecule has 1 aromatic heterocycles. The standard InChI is InChI=1S/C22H23N3O3/c1-27-20-9-8-17(15-21(20)28-2)25-18-11-13-23-19(14-18)22(26)24-12-10-16-6-4-3-5-7-16/h3-9,11,13-15H,10,12H2,1-2H3,(H,23,25)(H,24,26). The summed E-state index contributed by atoms with van der Waals surface area (Å²) in [5, 5.41) is 6.16. The quantitative estimate of drug-likeness (QED) is 0.624. The molecule has 3 aromatic rings. The minimum absolute atomic E-state index is 0.202. The maximum atomic E-state index is 12.4. The monoisotopic (exact) mass is 377 g/mol. The third kappa shape index (κ3) is 5.01. The number of aromatic nitrogens is 1. The number of nitrogens with zero attached hydrogens (tertiary/aromatic N) is 1. The van der Waals surface area contributed by atoms with Gasteiger partial charge in [-0.3, -0.25) is 9.78 Å². The summed E-state index contributed by atoms with van der Waals surface area (Å²) in [6.45, 7) is 0.553. The number of carbonyl (C=O) groups excluding carboxylic acids is 1. The predicted octanol–water partition coefficient (Wildman–Crippen LogP) is 3.81. The fraction of sp³-hybridized carbons (Fsp3) is 0.182. The average Bonchev–Trinajstić information content (AvgIpc) is 2.74. The van der Waals surface area contributed by atoms with Crippen molar-refractivity contribution in [1.29, 1.82) is 0 Å². The van der Waals surface area contributed by atoms with E-state index in [0.717, 1.165) is 17.8 Å².